The van der Waals surface area contributed by atoms with Crippen LogP contribution in [0.4, 0.5) is 15.8 Å². The van der Waals surface area contributed by atoms with Gasteiger partial charge < -0.3 is 10.4 Å². The number of nitro groups is 1. The van der Waals surface area contributed by atoms with Crippen LogP contribution in [0.5, 0.6) is 0 Å². The molecule has 7 heteroatoms. The van der Waals surface area contributed by atoms with Gasteiger partial charge in [0.15, 0.2) is 0 Å². The Morgan fingerprint density at radius 3 is 2.75 bits per heavy atom. The third kappa shape index (κ3) is 2.93. The van der Waals surface area contributed by atoms with Gasteiger partial charge in [-0.1, -0.05) is 12.2 Å². The van der Waals surface area contributed by atoms with E-state index >= 15 is 0 Å². The lowest BCUT2D eigenvalue weighted by atomic mass is 10.0. The first-order chi connectivity index (χ1) is 9.49. The van der Waals surface area contributed by atoms with E-state index in [1.54, 1.807) is 0 Å². The van der Waals surface area contributed by atoms with Crippen molar-refractivity contribution in [3.63, 3.8) is 0 Å². The molecule has 0 bridgehead atoms. The quantitative estimate of drug-likeness (QED) is 0.502. The smallest absolute Gasteiger partial charge is 0.338 e. The summed E-state index contributed by atoms with van der Waals surface area (Å²) in [7, 11) is 0. The minimum atomic E-state index is -1.45. The van der Waals surface area contributed by atoms with Crippen LogP contribution in [0.25, 0.3) is 0 Å². The van der Waals surface area contributed by atoms with Crippen molar-refractivity contribution >= 4 is 17.3 Å². The summed E-state index contributed by atoms with van der Waals surface area (Å²) in [5, 5.41) is 22.7. The number of hydrogen-bond donors (Lipinski definition) is 2. The minimum absolute atomic E-state index is 0.0224. The van der Waals surface area contributed by atoms with Crippen molar-refractivity contribution in [2.75, 3.05) is 5.32 Å². The molecule has 0 saturated heterocycles. The zero-order chi connectivity index (χ0) is 14.7. The number of allylic oxidation sites excluding steroid dienone is 1. The largest absolute Gasteiger partial charge is 0.478 e. The number of halogens is 1. The second-order valence-electron chi connectivity index (χ2n) is 4.54. The van der Waals surface area contributed by atoms with E-state index in [9.17, 15) is 19.3 Å². The van der Waals surface area contributed by atoms with E-state index in [0.29, 0.717) is 12.5 Å². The summed E-state index contributed by atoms with van der Waals surface area (Å²) in [6, 6.07) is 1.60. The maximum absolute atomic E-state index is 13.5. The van der Waals surface area contributed by atoms with Crippen molar-refractivity contribution < 1.29 is 19.2 Å². The number of carboxylic acids is 1. The maximum Gasteiger partial charge on any atom is 0.338 e. The summed E-state index contributed by atoms with van der Waals surface area (Å²) < 4.78 is 13.5. The van der Waals surface area contributed by atoms with E-state index in [1.807, 2.05) is 12.2 Å². The molecule has 106 valence electrons. The summed E-state index contributed by atoms with van der Waals surface area (Å²) in [5.41, 5.74) is -0.999. The van der Waals surface area contributed by atoms with Crippen LogP contribution in [0.2, 0.25) is 0 Å². The zero-order valence-corrected chi connectivity index (χ0v) is 10.5. The summed E-state index contributed by atoms with van der Waals surface area (Å²) in [5.74, 6) is -2.57. The van der Waals surface area contributed by atoms with E-state index in [4.69, 9.17) is 5.11 Å². The highest BCUT2D eigenvalue weighted by atomic mass is 19.1. The van der Waals surface area contributed by atoms with Crippen molar-refractivity contribution in [2.24, 2.45) is 0 Å². The van der Waals surface area contributed by atoms with E-state index in [2.05, 4.69) is 5.32 Å². The number of aromatic carboxylic acids is 1. The Bertz CT molecular complexity index is 586. The fourth-order valence-corrected chi connectivity index (χ4v) is 2.14. The summed E-state index contributed by atoms with van der Waals surface area (Å²) >= 11 is 0. The van der Waals surface area contributed by atoms with Gasteiger partial charge in [-0.3, -0.25) is 10.1 Å². The number of anilines is 1. The third-order valence-corrected chi connectivity index (χ3v) is 3.14. The molecule has 1 unspecified atom stereocenters. The lowest BCUT2D eigenvalue weighted by Crippen LogP contribution is -2.21. The number of carbonyl (C=O) groups is 1. The van der Waals surface area contributed by atoms with E-state index < -0.39 is 28.0 Å². The standard InChI is InChI=1S/C13H13FN2O4/c14-10-7-12(16(19)20)11(6-9(10)13(17)18)15-8-4-2-1-3-5-8/h1-2,6-8,15H,3-5H2,(H,17,18). The van der Waals surface area contributed by atoms with Gasteiger partial charge in [0, 0.05) is 6.04 Å². The second kappa shape index (κ2) is 5.68. The van der Waals surface area contributed by atoms with Gasteiger partial charge in [0.2, 0.25) is 0 Å². The number of rotatable bonds is 4. The highest BCUT2D eigenvalue weighted by Gasteiger charge is 2.23. The molecule has 1 atom stereocenters. The molecule has 0 heterocycles. The topological polar surface area (TPSA) is 92.5 Å². The molecule has 0 radical (unpaired) electrons. The molecule has 1 aromatic carbocycles. The van der Waals surface area contributed by atoms with Crippen molar-refractivity contribution in [1.82, 2.24) is 0 Å². The second-order valence-corrected chi connectivity index (χ2v) is 4.54. The average Bonchev–Trinajstić information content (AvgIpc) is 2.41. The highest BCUT2D eigenvalue weighted by Crippen LogP contribution is 2.30. The van der Waals surface area contributed by atoms with Gasteiger partial charge in [0.25, 0.3) is 5.69 Å². The van der Waals surface area contributed by atoms with Crippen LogP contribution >= 0.6 is 0 Å². The zero-order valence-electron chi connectivity index (χ0n) is 10.5. The molecule has 2 N–H and O–H groups in total. The number of carboxylic acid groups (broad SMARTS) is 1. The van der Waals surface area contributed by atoms with E-state index in [1.165, 1.54) is 0 Å². The van der Waals surface area contributed by atoms with Crippen molar-refractivity contribution in [3.8, 4) is 0 Å². The van der Waals surface area contributed by atoms with Crippen molar-refractivity contribution in [3.05, 3.63) is 45.8 Å². The van der Waals surface area contributed by atoms with Crippen LogP contribution in [-0.4, -0.2) is 22.0 Å². The van der Waals surface area contributed by atoms with Crippen LogP contribution in [0, 0.1) is 15.9 Å². The first-order valence-corrected chi connectivity index (χ1v) is 6.12. The van der Waals surface area contributed by atoms with Gasteiger partial charge in [0.1, 0.15) is 11.5 Å². The Labute approximate surface area is 114 Å². The van der Waals surface area contributed by atoms with Gasteiger partial charge in [-0.05, 0) is 25.3 Å². The number of nitrogens with one attached hydrogen (secondary N) is 1. The predicted molar refractivity (Wildman–Crippen MR) is 70.4 cm³/mol. The van der Waals surface area contributed by atoms with Gasteiger partial charge in [-0.25, -0.2) is 9.18 Å². The molecule has 1 aliphatic carbocycles. The molecule has 1 aromatic rings. The molecule has 6 nitrogen and oxygen atoms in total. The highest BCUT2D eigenvalue weighted by molar-refractivity contribution is 5.90. The molecule has 20 heavy (non-hydrogen) atoms. The van der Waals surface area contributed by atoms with Crippen LogP contribution in [0.3, 0.4) is 0 Å². The molecule has 2 rings (SSSR count). The molecular formula is C13H13FN2O4. The van der Waals surface area contributed by atoms with Gasteiger partial charge in [-0.2, -0.15) is 0 Å². The van der Waals surface area contributed by atoms with E-state index in [0.717, 1.165) is 18.9 Å². The molecule has 0 saturated carbocycles. The monoisotopic (exact) mass is 280 g/mol. The van der Waals surface area contributed by atoms with Gasteiger partial charge in [0.05, 0.1) is 16.6 Å². The van der Waals surface area contributed by atoms with Crippen molar-refractivity contribution in [2.45, 2.75) is 25.3 Å². The SMILES string of the molecule is O=C(O)c1cc(NC2CC=CCC2)c([N+](=O)[O-])cc1F. The molecule has 1 aliphatic rings. The van der Waals surface area contributed by atoms with Gasteiger partial charge in [-0.15, -0.1) is 0 Å². The average molecular weight is 280 g/mol. The van der Waals surface area contributed by atoms with Crippen molar-refractivity contribution in [1.29, 1.82) is 0 Å². The Kier molecular flexibility index (Phi) is 3.97. The summed E-state index contributed by atoms with van der Waals surface area (Å²) in [6.45, 7) is 0. The first kappa shape index (κ1) is 14.0. The Hall–Kier alpha value is -2.44. The third-order valence-electron chi connectivity index (χ3n) is 3.14. The van der Waals surface area contributed by atoms with Crippen LogP contribution in [-0.2, 0) is 0 Å². The van der Waals surface area contributed by atoms with Crippen LogP contribution in [0.1, 0.15) is 29.6 Å². The molecule has 0 fully saturated rings. The lowest BCUT2D eigenvalue weighted by molar-refractivity contribution is -0.384. The first-order valence-electron chi connectivity index (χ1n) is 6.12. The molecule has 0 aliphatic heterocycles. The molecular weight excluding hydrogens is 267 g/mol. The predicted octanol–water partition coefficient (Wildman–Crippen LogP) is 2.95. The van der Waals surface area contributed by atoms with E-state index in [-0.39, 0.29) is 11.7 Å². The number of hydrogen-bond acceptors (Lipinski definition) is 4. The Morgan fingerprint density at radius 2 is 2.20 bits per heavy atom. The lowest BCUT2D eigenvalue weighted by Gasteiger charge is -2.20. The Balaban J connectivity index is 2.37. The molecule has 0 amide bonds. The van der Waals surface area contributed by atoms with Crippen LogP contribution in [0.15, 0.2) is 24.3 Å². The minimum Gasteiger partial charge on any atom is -0.478 e. The summed E-state index contributed by atoms with van der Waals surface area (Å²) in [6.07, 6.45) is 6.29. The fourth-order valence-electron chi connectivity index (χ4n) is 2.14. The van der Waals surface area contributed by atoms with Gasteiger partial charge >= 0.3 is 5.97 Å². The maximum atomic E-state index is 13.5. The number of benzene rings is 1. The number of nitrogens with zero attached hydrogens (tertiary/aromatic N) is 1. The molecule has 0 aromatic heterocycles. The molecule has 0 spiro atoms. The fraction of sp³-hybridized carbons (Fsp3) is 0.308. The Morgan fingerprint density at radius 1 is 1.45 bits per heavy atom. The van der Waals surface area contributed by atoms with Crippen LogP contribution < -0.4 is 5.32 Å². The number of nitro benzene ring substituents is 1. The summed E-state index contributed by atoms with van der Waals surface area (Å²) in [4.78, 5) is 21.1. The normalized spacial score (nSPS) is 17.8.